The van der Waals surface area contributed by atoms with Gasteiger partial charge in [-0.05, 0) is 13.1 Å². The van der Waals surface area contributed by atoms with Crippen LogP contribution >= 0.6 is 11.8 Å². The standard InChI is InChI=1S/C12H17FN2S/c1-15-6-7-16-8-11(15)12(14)9-4-2-3-5-10(9)13/h2-5,11-12H,6-8,14H2,1H3. The van der Waals surface area contributed by atoms with Crippen LogP contribution in [0.25, 0.3) is 0 Å². The van der Waals surface area contributed by atoms with E-state index in [0.29, 0.717) is 5.56 Å². The summed E-state index contributed by atoms with van der Waals surface area (Å²) in [6, 6.07) is 6.80. The molecular weight excluding hydrogens is 223 g/mol. The monoisotopic (exact) mass is 240 g/mol. The number of hydrogen-bond acceptors (Lipinski definition) is 3. The smallest absolute Gasteiger partial charge is 0.128 e. The molecule has 2 atom stereocenters. The second-order valence-corrected chi connectivity index (χ2v) is 5.32. The van der Waals surface area contributed by atoms with E-state index in [1.165, 1.54) is 6.07 Å². The molecule has 0 aromatic heterocycles. The van der Waals surface area contributed by atoms with E-state index in [1.807, 2.05) is 17.8 Å². The van der Waals surface area contributed by atoms with E-state index in [1.54, 1.807) is 12.1 Å². The molecule has 1 heterocycles. The summed E-state index contributed by atoms with van der Waals surface area (Å²) in [6.45, 7) is 1.03. The zero-order valence-corrected chi connectivity index (χ0v) is 10.2. The van der Waals surface area contributed by atoms with Gasteiger partial charge < -0.3 is 5.73 Å². The Kier molecular flexibility index (Phi) is 3.84. The fraction of sp³-hybridized carbons (Fsp3) is 0.500. The van der Waals surface area contributed by atoms with Gasteiger partial charge in [0.05, 0.1) is 0 Å². The summed E-state index contributed by atoms with van der Waals surface area (Å²) >= 11 is 1.89. The van der Waals surface area contributed by atoms with Crippen LogP contribution in [-0.4, -0.2) is 36.0 Å². The Hall–Kier alpha value is -0.580. The number of nitrogens with two attached hydrogens (primary N) is 1. The predicted octanol–water partition coefficient (Wildman–Crippen LogP) is 1.87. The molecule has 0 amide bonds. The van der Waals surface area contributed by atoms with Crippen LogP contribution in [0.4, 0.5) is 4.39 Å². The lowest BCUT2D eigenvalue weighted by Gasteiger charge is -2.36. The zero-order chi connectivity index (χ0) is 11.5. The number of hydrogen-bond donors (Lipinski definition) is 1. The molecule has 1 aromatic rings. The van der Waals surface area contributed by atoms with Gasteiger partial charge in [0, 0.05) is 35.7 Å². The van der Waals surface area contributed by atoms with Gasteiger partial charge in [0.2, 0.25) is 0 Å². The van der Waals surface area contributed by atoms with Crippen molar-refractivity contribution in [3.8, 4) is 0 Å². The van der Waals surface area contributed by atoms with Gasteiger partial charge in [-0.1, -0.05) is 18.2 Å². The van der Waals surface area contributed by atoms with Crippen molar-refractivity contribution in [1.82, 2.24) is 4.90 Å². The van der Waals surface area contributed by atoms with Gasteiger partial charge in [-0.3, -0.25) is 4.90 Å². The average Bonchev–Trinajstić information content (AvgIpc) is 2.29. The number of thioether (sulfide) groups is 1. The second-order valence-electron chi connectivity index (χ2n) is 4.17. The number of halogens is 1. The minimum atomic E-state index is -0.237. The lowest BCUT2D eigenvalue weighted by Crippen LogP contribution is -2.46. The topological polar surface area (TPSA) is 29.3 Å². The van der Waals surface area contributed by atoms with E-state index >= 15 is 0 Å². The van der Waals surface area contributed by atoms with Gasteiger partial charge in [0.15, 0.2) is 0 Å². The first-order chi connectivity index (χ1) is 7.70. The van der Waals surface area contributed by atoms with Crippen molar-refractivity contribution < 1.29 is 4.39 Å². The Morgan fingerprint density at radius 1 is 1.50 bits per heavy atom. The molecule has 88 valence electrons. The molecule has 2 rings (SSSR count). The van der Waals surface area contributed by atoms with Crippen LogP contribution in [-0.2, 0) is 0 Å². The zero-order valence-electron chi connectivity index (χ0n) is 9.40. The second kappa shape index (κ2) is 5.17. The third-order valence-electron chi connectivity index (χ3n) is 3.12. The maximum atomic E-state index is 13.6. The highest BCUT2D eigenvalue weighted by Crippen LogP contribution is 2.26. The predicted molar refractivity (Wildman–Crippen MR) is 67.1 cm³/mol. The summed E-state index contributed by atoms with van der Waals surface area (Å²) in [6.07, 6.45) is 0. The van der Waals surface area contributed by atoms with Crippen molar-refractivity contribution in [2.75, 3.05) is 25.1 Å². The molecule has 0 bridgehead atoms. The first-order valence-electron chi connectivity index (χ1n) is 5.48. The van der Waals surface area contributed by atoms with Crippen LogP contribution in [0.2, 0.25) is 0 Å². The van der Waals surface area contributed by atoms with Crippen molar-refractivity contribution in [3.05, 3.63) is 35.6 Å². The van der Waals surface area contributed by atoms with Crippen LogP contribution in [0.15, 0.2) is 24.3 Å². The highest BCUT2D eigenvalue weighted by molar-refractivity contribution is 7.99. The van der Waals surface area contributed by atoms with E-state index in [2.05, 4.69) is 11.9 Å². The van der Waals surface area contributed by atoms with Crippen LogP contribution in [0.3, 0.4) is 0 Å². The maximum Gasteiger partial charge on any atom is 0.128 e. The molecule has 1 saturated heterocycles. The Morgan fingerprint density at radius 2 is 2.25 bits per heavy atom. The quantitative estimate of drug-likeness (QED) is 0.855. The van der Waals surface area contributed by atoms with Crippen LogP contribution < -0.4 is 5.73 Å². The van der Waals surface area contributed by atoms with Crippen LogP contribution in [0.5, 0.6) is 0 Å². The first kappa shape index (κ1) is 11.9. The summed E-state index contributed by atoms with van der Waals surface area (Å²) in [7, 11) is 2.06. The Balaban J connectivity index is 2.17. The molecular formula is C12H17FN2S. The molecule has 0 aliphatic carbocycles. The molecule has 4 heteroatoms. The fourth-order valence-corrected chi connectivity index (χ4v) is 3.32. The average molecular weight is 240 g/mol. The van der Waals surface area contributed by atoms with Gasteiger partial charge in [0.25, 0.3) is 0 Å². The lowest BCUT2D eigenvalue weighted by atomic mass is 10.00. The van der Waals surface area contributed by atoms with E-state index in [-0.39, 0.29) is 17.9 Å². The third kappa shape index (κ3) is 2.39. The minimum absolute atomic E-state index is 0.195. The van der Waals surface area contributed by atoms with Crippen molar-refractivity contribution in [2.45, 2.75) is 12.1 Å². The molecule has 2 nitrogen and oxygen atoms in total. The molecule has 1 aromatic carbocycles. The normalized spacial score (nSPS) is 24.3. The fourth-order valence-electron chi connectivity index (χ4n) is 2.04. The summed E-state index contributed by atoms with van der Waals surface area (Å²) in [4.78, 5) is 2.23. The molecule has 0 spiro atoms. The third-order valence-corrected chi connectivity index (χ3v) is 4.17. The largest absolute Gasteiger partial charge is 0.323 e. The molecule has 0 saturated carbocycles. The Labute approximate surface area is 100 Å². The SMILES string of the molecule is CN1CCSCC1C(N)c1ccccc1F. The van der Waals surface area contributed by atoms with E-state index < -0.39 is 0 Å². The molecule has 0 radical (unpaired) electrons. The molecule has 1 fully saturated rings. The Bertz CT molecular complexity index is 359. The van der Waals surface area contributed by atoms with E-state index in [4.69, 9.17) is 5.73 Å². The van der Waals surface area contributed by atoms with Crippen molar-refractivity contribution in [2.24, 2.45) is 5.73 Å². The van der Waals surface area contributed by atoms with Gasteiger partial charge in [-0.2, -0.15) is 11.8 Å². The summed E-state index contributed by atoms with van der Waals surface area (Å²) in [5.41, 5.74) is 6.79. The highest BCUT2D eigenvalue weighted by atomic mass is 32.2. The van der Waals surface area contributed by atoms with Crippen LogP contribution in [0, 0.1) is 5.82 Å². The highest BCUT2D eigenvalue weighted by Gasteiger charge is 2.27. The van der Waals surface area contributed by atoms with Crippen molar-refractivity contribution in [1.29, 1.82) is 0 Å². The van der Waals surface area contributed by atoms with E-state index in [0.717, 1.165) is 18.1 Å². The summed E-state index contributed by atoms with van der Waals surface area (Å²) in [5, 5.41) is 0. The number of benzene rings is 1. The van der Waals surface area contributed by atoms with Gasteiger partial charge >= 0.3 is 0 Å². The number of likely N-dealkylation sites (N-methyl/N-ethyl adjacent to an activating group) is 1. The van der Waals surface area contributed by atoms with Crippen LogP contribution in [0.1, 0.15) is 11.6 Å². The van der Waals surface area contributed by atoms with Gasteiger partial charge in [0.1, 0.15) is 5.82 Å². The maximum absolute atomic E-state index is 13.6. The van der Waals surface area contributed by atoms with Gasteiger partial charge in [-0.25, -0.2) is 4.39 Å². The first-order valence-corrected chi connectivity index (χ1v) is 6.63. The molecule has 2 unspecified atom stereocenters. The minimum Gasteiger partial charge on any atom is -0.323 e. The summed E-state index contributed by atoms with van der Waals surface area (Å²) in [5.74, 6) is 1.92. The molecule has 1 aliphatic heterocycles. The van der Waals surface area contributed by atoms with Crippen molar-refractivity contribution >= 4 is 11.8 Å². The number of rotatable bonds is 2. The Morgan fingerprint density at radius 3 is 2.94 bits per heavy atom. The molecule has 16 heavy (non-hydrogen) atoms. The molecule has 2 N–H and O–H groups in total. The summed E-state index contributed by atoms with van der Waals surface area (Å²) < 4.78 is 13.6. The van der Waals surface area contributed by atoms with Crippen molar-refractivity contribution in [3.63, 3.8) is 0 Å². The van der Waals surface area contributed by atoms with Gasteiger partial charge in [-0.15, -0.1) is 0 Å². The molecule has 1 aliphatic rings. The lowest BCUT2D eigenvalue weighted by molar-refractivity contribution is 0.235. The number of nitrogens with zero attached hydrogens (tertiary/aromatic N) is 1. The van der Waals surface area contributed by atoms with E-state index in [9.17, 15) is 4.39 Å².